The van der Waals surface area contributed by atoms with E-state index in [2.05, 4.69) is 0 Å². The standard InChI is InChI=1S/C12H14O6S/c13-11(14)5-1-9(2-6-11)19(17,18)10-3-7-12(15,16)8-4-10/h1-5,7,13-16H,6,8H2. The Morgan fingerprint density at radius 3 is 1.47 bits per heavy atom. The lowest BCUT2D eigenvalue weighted by Gasteiger charge is -2.22. The van der Waals surface area contributed by atoms with Crippen molar-refractivity contribution in [1.29, 1.82) is 0 Å². The van der Waals surface area contributed by atoms with E-state index in [0.29, 0.717) is 0 Å². The van der Waals surface area contributed by atoms with Crippen LogP contribution in [-0.4, -0.2) is 40.4 Å². The normalized spacial score (nSPS) is 24.8. The zero-order chi connectivity index (χ0) is 14.3. The first kappa shape index (κ1) is 14.2. The van der Waals surface area contributed by atoms with Crippen LogP contribution in [0.4, 0.5) is 0 Å². The third-order valence-corrected chi connectivity index (χ3v) is 4.70. The zero-order valence-electron chi connectivity index (χ0n) is 9.89. The zero-order valence-corrected chi connectivity index (χ0v) is 10.7. The predicted molar refractivity (Wildman–Crippen MR) is 66.9 cm³/mol. The number of rotatable bonds is 2. The molecule has 104 valence electrons. The molecule has 0 heterocycles. The largest absolute Gasteiger partial charge is 0.362 e. The fraction of sp³-hybridized carbons (Fsp3) is 0.333. The maximum Gasteiger partial charge on any atom is 0.205 e. The van der Waals surface area contributed by atoms with E-state index in [1.165, 1.54) is 12.2 Å². The van der Waals surface area contributed by atoms with Crippen LogP contribution >= 0.6 is 0 Å². The van der Waals surface area contributed by atoms with Crippen molar-refractivity contribution in [2.75, 3.05) is 0 Å². The summed E-state index contributed by atoms with van der Waals surface area (Å²) in [6.07, 6.45) is 6.21. The van der Waals surface area contributed by atoms with Crippen molar-refractivity contribution in [3.05, 3.63) is 46.3 Å². The van der Waals surface area contributed by atoms with E-state index in [0.717, 1.165) is 24.3 Å². The molecule has 0 atom stereocenters. The first-order valence-corrected chi connectivity index (χ1v) is 7.04. The molecule has 0 aliphatic heterocycles. The van der Waals surface area contributed by atoms with Crippen LogP contribution in [0.15, 0.2) is 46.3 Å². The smallest absolute Gasteiger partial charge is 0.205 e. The van der Waals surface area contributed by atoms with Crippen molar-refractivity contribution in [2.24, 2.45) is 0 Å². The molecule has 0 unspecified atom stereocenters. The van der Waals surface area contributed by atoms with Crippen LogP contribution in [0.3, 0.4) is 0 Å². The van der Waals surface area contributed by atoms with E-state index in [4.69, 9.17) is 0 Å². The highest BCUT2D eigenvalue weighted by Crippen LogP contribution is 2.29. The summed E-state index contributed by atoms with van der Waals surface area (Å²) in [6.45, 7) is 0. The molecule has 2 aliphatic rings. The molecule has 0 bridgehead atoms. The van der Waals surface area contributed by atoms with Crippen LogP contribution in [0.25, 0.3) is 0 Å². The van der Waals surface area contributed by atoms with Crippen molar-refractivity contribution < 1.29 is 28.8 Å². The Balaban J connectivity index is 2.27. The summed E-state index contributed by atoms with van der Waals surface area (Å²) in [5, 5.41) is 37.1. The molecular formula is C12H14O6S. The van der Waals surface area contributed by atoms with Crippen LogP contribution in [0.2, 0.25) is 0 Å². The molecular weight excluding hydrogens is 272 g/mol. The van der Waals surface area contributed by atoms with Gasteiger partial charge in [-0.3, -0.25) is 0 Å². The second kappa shape index (κ2) is 4.39. The first-order valence-electron chi connectivity index (χ1n) is 5.56. The minimum absolute atomic E-state index is 0.0505. The van der Waals surface area contributed by atoms with Gasteiger partial charge >= 0.3 is 0 Å². The molecule has 0 fully saturated rings. The van der Waals surface area contributed by atoms with Crippen molar-refractivity contribution in [2.45, 2.75) is 24.4 Å². The summed E-state index contributed by atoms with van der Waals surface area (Å²) >= 11 is 0. The minimum Gasteiger partial charge on any atom is -0.362 e. The van der Waals surface area contributed by atoms with Gasteiger partial charge in [0.1, 0.15) is 0 Å². The van der Waals surface area contributed by atoms with Gasteiger partial charge in [-0.1, -0.05) is 12.2 Å². The van der Waals surface area contributed by atoms with Crippen molar-refractivity contribution in [3.8, 4) is 0 Å². The van der Waals surface area contributed by atoms with Crippen molar-refractivity contribution >= 4 is 9.84 Å². The molecule has 4 N–H and O–H groups in total. The van der Waals surface area contributed by atoms with Gasteiger partial charge in [-0.05, 0) is 24.3 Å². The molecule has 0 aromatic carbocycles. The predicted octanol–water partition coefficient (Wildman–Crippen LogP) is -0.549. The molecule has 2 aliphatic carbocycles. The summed E-state index contributed by atoms with van der Waals surface area (Å²) in [5.41, 5.74) is 0. The van der Waals surface area contributed by atoms with Crippen LogP contribution in [-0.2, 0) is 9.84 Å². The van der Waals surface area contributed by atoms with E-state index in [9.17, 15) is 28.8 Å². The topological polar surface area (TPSA) is 115 Å². The number of hydrogen-bond donors (Lipinski definition) is 4. The highest BCUT2D eigenvalue weighted by molar-refractivity contribution is 7.99. The third kappa shape index (κ3) is 3.02. The molecule has 0 aromatic rings. The molecule has 0 aromatic heterocycles. The quantitative estimate of drug-likeness (QED) is 0.506. The molecule has 6 nitrogen and oxygen atoms in total. The molecule has 2 rings (SSSR count). The highest BCUT2D eigenvalue weighted by Gasteiger charge is 2.30. The van der Waals surface area contributed by atoms with Gasteiger partial charge in [-0.2, -0.15) is 0 Å². The van der Waals surface area contributed by atoms with Gasteiger partial charge in [0.2, 0.25) is 9.84 Å². The number of aliphatic hydroxyl groups is 4. The van der Waals surface area contributed by atoms with Gasteiger partial charge in [-0.15, -0.1) is 0 Å². The van der Waals surface area contributed by atoms with Crippen LogP contribution in [0.1, 0.15) is 12.8 Å². The monoisotopic (exact) mass is 286 g/mol. The van der Waals surface area contributed by atoms with Gasteiger partial charge < -0.3 is 20.4 Å². The first-order chi connectivity index (χ1) is 8.62. The van der Waals surface area contributed by atoms with E-state index in [1.54, 1.807) is 0 Å². The summed E-state index contributed by atoms with van der Waals surface area (Å²) in [5.74, 6) is -4.05. The molecule has 0 amide bonds. The Morgan fingerprint density at radius 1 is 0.842 bits per heavy atom. The Hall–Kier alpha value is -1.25. The van der Waals surface area contributed by atoms with E-state index in [1.807, 2.05) is 0 Å². The second-order valence-corrected chi connectivity index (χ2v) is 6.50. The van der Waals surface area contributed by atoms with Gasteiger partial charge in [0, 0.05) is 12.8 Å². The second-order valence-electron chi connectivity index (χ2n) is 4.55. The van der Waals surface area contributed by atoms with Crippen LogP contribution in [0, 0.1) is 0 Å². The van der Waals surface area contributed by atoms with Gasteiger partial charge in [0.25, 0.3) is 0 Å². The fourth-order valence-electron chi connectivity index (χ4n) is 1.74. The summed E-state index contributed by atoms with van der Waals surface area (Å²) in [7, 11) is -3.78. The number of sulfone groups is 1. The minimum atomic E-state index is -3.78. The summed E-state index contributed by atoms with van der Waals surface area (Å²) < 4.78 is 24.4. The lowest BCUT2D eigenvalue weighted by molar-refractivity contribution is -0.115. The average Bonchev–Trinajstić information content (AvgIpc) is 2.27. The fourth-order valence-corrected chi connectivity index (χ4v) is 3.11. The number of hydrogen-bond acceptors (Lipinski definition) is 6. The average molecular weight is 286 g/mol. The van der Waals surface area contributed by atoms with Gasteiger partial charge in [0.05, 0.1) is 9.81 Å². The summed E-state index contributed by atoms with van der Waals surface area (Å²) in [6, 6.07) is 0. The highest BCUT2D eigenvalue weighted by atomic mass is 32.2. The number of allylic oxidation sites excluding steroid dienone is 2. The van der Waals surface area contributed by atoms with Gasteiger partial charge in [0.15, 0.2) is 11.6 Å². The lowest BCUT2D eigenvalue weighted by Crippen LogP contribution is -2.28. The Kier molecular flexibility index (Phi) is 3.28. The maximum atomic E-state index is 12.2. The molecule has 0 radical (unpaired) electrons. The third-order valence-electron chi connectivity index (χ3n) is 2.86. The Morgan fingerprint density at radius 2 is 1.21 bits per heavy atom. The Labute approximate surface area is 110 Å². The summed E-state index contributed by atoms with van der Waals surface area (Å²) in [4.78, 5) is -0.101. The van der Waals surface area contributed by atoms with Crippen molar-refractivity contribution in [1.82, 2.24) is 0 Å². The molecule has 0 spiro atoms. The van der Waals surface area contributed by atoms with Gasteiger partial charge in [-0.25, -0.2) is 8.42 Å². The van der Waals surface area contributed by atoms with Crippen LogP contribution in [0.5, 0.6) is 0 Å². The van der Waals surface area contributed by atoms with Crippen LogP contribution < -0.4 is 0 Å². The van der Waals surface area contributed by atoms with E-state index >= 15 is 0 Å². The molecule has 19 heavy (non-hydrogen) atoms. The van der Waals surface area contributed by atoms with Crippen molar-refractivity contribution in [3.63, 3.8) is 0 Å². The molecule has 0 saturated heterocycles. The van der Waals surface area contributed by atoms with E-state index in [-0.39, 0.29) is 22.7 Å². The lowest BCUT2D eigenvalue weighted by atomic mass is 10.1. The maximum absolute atomic E-state index is 12.2. The SMILES string of the molecule is O=S(=O)(C1=CCC(O)(O)C=C1)C1=CCC(O)(O)C=C1. The molecule has 0 saturated carbocycles. The molecule has 7 heteroatoms. The Bertz CT molecular complexity index is 556. The van der Waals surface area contributed by atoms with E-state index < -0.39 is 21.4 Å².